The van der Waals surface area contributed by atoms with Gasteiger partial charge in [0, 0.05) is 13.0 Å². The highest BCUT2D eigenvalue weighted by atomic mass is 16.1. The molecule has 1 heterocycles. The lowest BCUT2D eigenvalue weighted by atomic mass is 10.2. The van der Waals surface area contributed by atoms with Crippen molar-refractivity contribution in [2.24, 2.45) is 13.0 Å². The van der Waals surface area contributed by atoms with Crippen LogP contribution in [-0.4, -0.2) is 15.6 Å². The number of aromatic nitrogens is 2. The van der Waals surface area contributed by atoms with Gasteiger partial charge in [0.25, 0.3) is 0 Å². The van der Waals surface area contributed by atoms with Gasteiger partial charge in [-0.15, -0.1) is 0 Å². The van der Waals surface area contributed by atoms with E-state index in [1.807, 2.05) is 26.1 Å². The van der Waals surface area contributed by atoms with Crippen LogP contribution >= 0.6 is 0 Å². The van der Waals surface area contributed by atoms with E-state index in [2.05, 4.69) is 5.10 Å². The maximum atomic E-state index is 11.4. The number of aryl methyl sites for hydroxylation is 2. The highest BCUT2D eigenvalue weighted by Crippen LogP contribution is 2.30. The van der Waals surface area contributed by atoms with Gasteiger partial charge in [0.1, 0.15) is 0 Å². The Hall–Kier alpha value is -1.38. The van der Waals surface area contributed by atoms with Crippen molar-refractivity contribution in [3.05, 3.63) is 23.5 Å². The average Bonchev–Trinajstić information content (AvgIpc) is 2.90. The van der Waals surface area contributed by atoms with Gasteiger partial charge >= 0.3 is 0 Å². The van der Waals surface area contributed by atoms with E-state index in [4.69, 9.17) is 0 Å². The standard InChI is InChI=1S/C11H14N2O/c1-8-7-10(13(2)12-8)5-6-11(14)9-3-4-9/h5-7,9H,3-4H2,1-2H3/b6-5+. The van der Waals surface area contributed by atoms with Crippen LogP contribution in [0.25, 0.3) is 6.08 Å². The van der Waals surface area contributed by atoms with Crippen molar-refractivity contribution in [2.75, 3.05) is 0 Å². The summed E-state index contributed by atoms with van der Waals surface area (Å²) in [7, 11) is 1.88. The Morgan fingerprint density at radius 2 is 2.36 bits per heavy atom. The van der Waals surface area contributed by atoms with Crippen LogP contribution in [0.1, 0.15) is 24.2 Å². The molecule has 1 aromatic heterocycles. The summed E-state index contributed by atoms with van der Waals surface area (Å²) in [4.78, 5) is 11.4. The molecule has 0 radical (unpaired) electrons. The monoisotopic (exact) mass is 190 g/mol. The van der Waals surface area contributed by atoms with Gasteiger partial charge < -0.3 is 0 Å². The number of rotatable bonds is 3. The van der Waals surface area contributed by atoms with Crippen LogP contribution in [0.3, 0.4) is 0 Å². The van der Waals surface area contributed by atoms with E-state index in [0.717, 1.165) is 24.2 Å². The fourth-order valence-electron chi connectivity index (χ4n) is 1.46. The van der Waals surface area contributed by atoms with Gasteiger partial charge in [-0.3, -0.25) is 9.48 Å². The molecule has 1 saturated carbocycles. The first kappa shape index (κ1) is 9.19. The number of ketones is 1. The lowest BCUT2D eigenvalue weighted by Gasteiger charge is -1.92. The summed E-state index contributed by atoms with van der Waals surface area (Å²) in [6, 6.07) is 1.97. The van der Waals surface area contributed by atoms with Crippen LogP contribution in [0, 0.1) is 12.8 Å². The SMILES string of the molecule is Cc1cc(/C=C/C(=O)C2CC2)n(C)n1. The van der Waals surface area contributed by atoms with Gasteiger partial charge in [-0.1, -0.05) is 0 Å². The number of hydrogen-bond donors (Lipinski definition) is 0. The van der Waals surface area contributed by atoms with E-state index in [9.17, 15) is 4.79 Å². The normalized spacial score (nSPS) is 16.4. The Bertz CT molecular complexity index is 386. The maximum Gasteiger partial charge on any atom is 0.158 e. The molecule has 3 heteroatoms. The predicted molar refractivity (Wildman–Crippen MR) is 54.7 cm³/mol. The quantitative estimate of drug-likeness (QED) is 0.680. The largest absolute Gasteiger partial charge is 0.295 e. The molecule has 0 spiro atoms. The molecule has 74 valence electrons. The molecule has 0 saturated heterocycles. The Labute approximate surface area is 83.4 Å². The Balaban J connectivity index is 2.08. The number of nitrogens with zero attached hydrogens (tertiary/aromatic N) is 2. The smallest absolute Gasteiger partial charge is 0.158 e. The van der Waals surface area contributed by atoms with Gasteiger partial charge in [0.15, 0.2) is 5.78 Å². The first-order valence-electron chi connectivity index (χ1n) is 4.89. The highest BCUT2D eigenvalue weighted by Gasteiger charge is 2.27. The van der Waals surface area contributed by atoms with Crippen molar-refractivity contribution in [1.82, 2.24) is 9.78 Å². The Morgan fingerprint density at radius 3 is 2.86 bits per heavy atom. The minimum absolute atomic E-state index is 0.254. The summed E-state index contributed by atoms with van der Waals surface area (Å²) in [6.07, 6.45) is 5.65. The summed E-state index contributed by atoms with van der Waals surface area (Å²) in [5, 5.41) is 4.20. The third-order valence-corrected chi connectivity index (χ3v) is 2.44. The van der Waals surface area contributed by atoms with Crippen LogP contribution in [0.2, 0.25) is 0 Å². The van der Waals surface area contributed by atoms with Crippen molar-refractivity contribution in [1.29, 1.82) is 0 Å². The molecule has 0 atom stereocenters. The molecule has 0 aromatic carbocycles. The van der Waals surface area contributed by atoms with Crippen LogP contribution in [-0.2, 0) is 11.8 Å². The zero-order chi connectivity index (χ0) is 10.1. The Morgan fingerprint density at radius 1 is 1.64 bits per heavy atom. The van der Waals surface area contributed by atoms with Crippen molar-refractivity contribution in [3.63, 3.8) is 0 Å². The maximum absolute atomic E-state index is 11.4. The lowest BCUT2D eigenvalue weighted by Crippen LogP contribution is -1.96. The first-order valence-corrected chi connectivity index (χ1v) is 4.89. The lowest BCUT2D eigenvalue weighted by molar-refractivity contribution is -0.115. The molecule has 3 nitrogen and oxygen atoms in total. The van der Waals surface area contributed by atoms with Crippen LogP contribution < -0.4 is 0 Å². The van der Waals surface area contributed by atoms with Crippen LogP contribution in [0.4, 0.5) is 0 Å². The Kier molecular flexibility index (Phi) is 2.23. The zero-order valence-corrected chi connectivity index (χ0v) is 8.53. The van der Waals surface area contributed by atoms with Gasteiger partial charge in [0.2, 0.25) is 0 Å². The fraction of sp³-hybridized carbons (Fsp3) is 0.455. The molecule has 1 aliphatic carbocycles. The van der Waals surface area contributed by atoms with E-state index >= 15 is 0 Å². The summed E-state index contributed by atoms with van der Waals surface area (Å²) >= 11 is 0. The van der Waals surface area contributed by atoms with Gasteiger partial charge in [0.05, 0.1) is 11.4 Å². The van der Waals surface area contributed by atoms with Crippen molar-refractivity contribution >= 4 is 11.9 Å². The molecular weight excluding hydrogens is 176 g/mol. The van der Waals surface area contributed by atoms with Gasteiger partial charge in [-0.05, 0) is 38.0 Å². The molecule has 1 aliphatic rings. The predicted octanol–water partition coefficient (Wildman–Crippen LogP) is 1.72. The molecule has 1 aromatic rings. The van der Waals surface area contributed by atoms with Crippen molar-refractivity contribution < 1.29 is 4.79 Å². The van der Waals surface area contributed by atoms with Crippen molar-refractivity contribution in [3.8, 4) is 0 Å². The minimum atomic E-state index is 0.254. The number of carbonyl (C=O) groups excluding carboxylic acids is 1. The molecule has 2 rings (SSSR count). The molecular formula is C11H14N2O. The van der Waals surface area contributed by atoms with Gasteiger partial charge in [-0.25, -0.2) is 0 Å². The van der Waals surface area contributed by atoms with Crippen molar-refractivity contribution in [2.45, 2.75) is 19.8 Å². The number of hydrogen-bond acceptors (Lipinski definition) is 2. The molecule has 14 heavy (non-hydrogen) atoms. The topological polar surface area (TPSA) is 34.9 Å². The van der Waals surface area contributed by atoms with E-state index in [1.165, 1.54) is 0 Å². The van der Waals surface area contributed by atoms with E-state index in [1.54, 1.807) is 10.8 Å². The third kappa shape index (κ3) is 1.92. The van der Waals surface area contributed by atoms with E-state index in [-0.39, 0.29) is 5.78 Å². The molecule has 0 aliphatic heterocycles. The summed E-state index contributed by atoms with van der Waals surface area (Å²) in [5.74, 6) is 0.560. The molecule has 0 N–H and O–H groups in total. The summed E-state index contributed by atoms with van der Waals surface area (Å²) in [6.45, 7) is 1.94. The van der Waals surface area contributed by atoms with Gasteiger partial charge in [-0.2, -0.15) is 5.10 Å². The average molecular weight is 190 g/mol. The highest BCUT2D eigenvalue weighted by molar-refractivity contribution is 5.96. The minimum Gasteiger partial charge on any atom is -0.295 e. The first-order chi connectivity index (χ1) is 6.66. The molecule has 1 fully saturated rings. The second-order valence-electron chi connectivity index (χ2n) is 3.84. The van der Waals surface area contributed by atoms with Crippen LogP contribution in [0.15, 0.2) is 12.1 Å². The van der Waals surface area contributed by atoms with E-state index in [0.29, 0.717) is 5.92 Å². The number of allylic oxidation sites excluding steroid dienone is 1. The fourth-order valence-corrected chi connectivity index (χ4v) is 1.46. The zero-order valence-electron chi connectivity index (χ0n) is 8.53. The molecule has 0 bridgehead atoms. The third-order valence-electron chi connectivity index (χ3n) is 2.44. The summed E-state index contributed by atoms with van der Waals surface area (Å²) < 4.78 is 1.78. The molecule has 0 amide bonds. The second kappa shape index (κ2) is 3.40. The van der Waals surface area contributed by atoms with E-state index < -0.39 is 0 Å². The molecule has 0 unspecified atom stereocenters. The number of carbonyl (C=O) groups is 1. The second-order valence-corrected chi connectivity index (χ2v) is 3.84. The summed E-state index contributed by atoms with van der Waals surface area (Å²) in [5.41, 5.74) is 1.96. The van der Waals surface area contributed by atoms with Crippen LogP contribution in [0.5, 0.6) is 0 Å².